The van der Waals surface area contributed by atoms with Crippen LogP contribution < -0.4 is 20.1 Å². The van der Waals surface area contributed by atoms with Gasteiger partial charge in [-0.1, -0.05) is 30.3 Å². The van der Waals surface area contributed by atoms with Gasteiger partial charge >= 0.3 is 0 Å². The van der Waals surface area contributed by atoms with E-state index in [-0.39, 0.29) is 54.5 Å². The molecule has 11 heteroatoms. The number of nitrogens with one attached hydrogen (secondary N) is 2. The number of amides is 4. The van der Waals surface area contributed by atoms with E-state index in [9.17, 15) is 19.2 Å². The third-order valence-corrected chi connectivity index (χ3v) is 9.42. The van der Waals surface area contributed by atoms with E-state index in [0.29, 0.717) is 49.5 Å². The summed E-state index contributed by atoms with van der Waals surface area (Å²) < 4.78 is 11.4. The quantitative estimate of drug-likeness (QED) is 0.285. The van der Waals surface area contributed by atoms with E-state index in [2.05, 4.69) is 15.6 Å². The lowest BCUT2D eigenvalue weighted by atomic mass is 9.79. The molecule has 260 valence electrons. The van der Waals surface area contributed by atoms with Crippen LogP contribution in [0.2, 0.25) is 0 Å². The Hall–Kier alpha value is -4.93. The molecule has 0 spiro atoms. The van der Waals surface area contributed by atoms with Crippen LogP contribution in [0.3, 0.4) is 0 Å². The van der Waals surface area contributed by atoms with Crippen LogP contribution in [0.4, 0.5) is 0 Å². The van der Waals surface area contributed by atoms with Gasteiger partial charge in [0.2, 0.25) is 17.7 Å². The normalized spacial score (nSPS) is 19.2. The molecule has 3 aromatic rings. The van der Waals surface area contributed by atoms with Crippen LogP contribution >= 0.6 is 0 Å². The number of aromatic nitrogens is 1. The van der Waals surface area contributed by atoms with Crippen molar-refractivity contribution in [3.63, 3.8) is 0 Å². The lowest BCUT2D eigenvalue weighted by Crippen LogP contribution is -2.56. The van der Waals surface area contributed by atoms with Gasteiger partial charge in [0.05, 0.1) is 25.6 Å². The van der Waals surface area contributed by atoms with Crippen molar-refractivity contribution in [2.45, 2.75) is 51.7 Å². The molecule has 1 aromatic heterocycles. The van der Waals surface area contributed by atoms with Crippen LogP contribution in [-0.2, 0) is 27.2 Å². The van der Waals surface area contributed by atoms with Crippen LogP contribution in [0.5, 0.6) is 11.5 Å². The summed E-state index contributed by atoms with van der Waals surface area (Å²) in [7, 11) is 3.10. The number of piperidine rings is 1. The number of rotatable bonds is 13. The second kappa shape index (κ2) is 16.5. The van der Waals surface area contributed by atoms with Crippen LogP contribution in [0.15, 0.2) is 73.1 Å². The first-order valence-corrected chi connectivity index (χ1v) is 17.0. The van der Waals surface area contributed by atoms with E-state index in [4.69, 9.17) is 9.47 Å². The molecule has 2 saturated heterocycles. The zero-order chi connectivity index (χ0) is 34.9. The molecular formula is C38H47N5O6. The summed E-state index contributed by atoms with van der Waals surface area (Å²) >= 11 is 0. The van der Waals surface area contributed by atoms with E-state index in [0.717, 1.165) is 12.0 Å². The number of fused-ring (bicyclic) bond motifs is 1. The average Bonchev–Trinajstić information content (AvgIpc) is 3.55. The maximum absolute atomic E-state index is 14.1. The Kier molecular flexibility index (Phi) is 11.9. The Bertz CT molecular complexity index is 1600. The predicted octanol–water partition coefficient (Wildman–Crippen LogP) is 3.52. The molecule has 0 saturated carbocycles. The number of carbonyl (C=O) groups is 4. The standard InChI is InChI=1S/C38H47N5O6/c1-25(2)49-33-14-13-28(20-34(33)48-4)38(47)43-22-29-21-42(35(44)19-27-15-17-40-18-16-27)24-31(30(29)23-43)36(45)41-32(37(46)39-3)12-8-11-26-9-6-5-7-10-26/h5-7,9-10,13-18,20,25,29-32H,8,11-12,19,21-24H2,1-4H3,(H,39,46)(H,41,45)/t29?,30?,31?,32-/m0/s1. The molecule has 0 bridgehead atoms. The van der Waals surface area contributed by atoms with Crippen molar-refractivity contribution in [3.8, 4) is 11.5 Å². The summed E-state index contributed by atoms with van der Waals surface area (Å²) in [4.78, 5) is 62.1. The third kappa shape index (κ3) is 8.95. The van der Waals surface area contributed by atoms with Crippen LogP contribution in [0.25, 0.3) is 0 Å². The third-order valence-electron chi connectivity index (χ3n) is 9.42. The number of methoxy groups -OCH3 is 1. The Morgan fingerprint density at radius 2 is 1.63 bits per heavy atom. The smallest absolute Gasteiger partial charge is 0.254 e. The topological polar surface area (TPSA) is 130 Å². The fourth-order valence-electron chi connectivity index (χ4n) is 6.92. The Morgan fingerprint density at radius 1 is 0.898 bits per heavy atom. The second-order valence-electron chi connectivity index (χ2n) is 13.2. The molecule has 2 aromatic carbocycles. The highest BCUT2D eigenvalue weighted by molar-refractivity contribution is 5.95. The van der Waals surface area contributed by atoms with Gasteiger partial charge < -0.3 is 29.9 Å². The van der Waals surface area contributed by atoms with Crippen molar-refractivity contribution in [2.24, 2.45) is 17.8 Å². The van der Waals surface area contributed by atoms with E-state index < -0.39 is 12.0 Å². The minimum atomic E-state index is -0.722. The number of hydrogen-bond acceptors (Lipinski definition) is 7. The summed E-state index contributed by atoms with van der Waals surface area (Å²) in [6.45, 7) is 5.24. The molecule has 3 heterocycles. The average molecular weight is 670 g/mol. The van der Waals surface area contributed by atoms with Gasteiger partial charge in [-0.15, -0.1) is 0 Å². The lowest BCUT2D eigenvalue weighted by Gasteiger charge is -2.40. The highest BCUT2D eigenvalue weighted by Crippen LogP contribution is 2.37. The molecule has 4 atom stereocenters. The SMILES string of the molecule is CNC(=O)[C@H](CCCc1ccccc1)NC(=O)C1CN(C(=O)Cc2ccncc2)CC2CN(C(=O)c3ccc(OC(C)C)c(OC)c3)CC21. The fraction of sp³-hybridized carbons (Fsp3) is 0.447. The number of pyridine rings is 1. The molecule has 11 nitrogen and oxygen atoms in total. The Balaban J connectivity index is 1.34. The largest absolute Gasteiger partial charge is 0.493 e. The lowest BCUT2D eigenvalue weighted by molar-refractivity contribution is -0.140. The molecule has 2 fully saturated rings. The van der Waals surface area contributed by atoms with E-state index in [1.54, 1.807) is 59.6 Å². The zero-order valence-corrected chi connectivity index (χ0v) is 28.8. The molecule has 5 rings (SSSR count). The van der Waals surface area contributed by atoms with Gasteiger partial charge in [-0.2, -0.15) is 0 Å². The maximum atomic E-state index is 14.1. The van der Waals surface area contributed by atoms with Crippen molar-refractivity contribution in [1.82, 2.24) is 25.4 Å². The van der Waals surface area contributed by atoms with Gasteiger partial charge in [-0.25, -0.2) is 0 Å². The van der Waals surface area contributed by atoms with Crippen LogP contribution in [0, 0.1) is 17.8 Å². The minimum Gasteiger partial charge on any atom is -0.493 e. The van der Waals surface area contributed by atoms with Gasteiger partial charge in [-0.05, 0) is 86.4 Å². The van der Waals surface area contributed by atoms with Crippen molar-refractivity contribution in [3.05, 3.63) is 89.7 Å². The molecular weight excluding hydrogens is 622 g/mol. The number of carbonyl (C=O) groups excluding carboxylic acids is 4. The van der Waals surface area contributed by atoms with Crippen molar-refractivity contribution in [2.75, 3.05) is 40.3 Å². The number of hydrogen-bond donors (Lipinski definition) is 2. The maximum Gasteiger partial charge on any atom is 0.254 e. The molecule has 0 radical (unpaired) electrons. The van der Waals surface area contributed by atoms with E-state index in [1.165, 1.54) is 12.7 Å². The molecule has 2 aliphatic heterocycles. The molecule has 0 aliphatic carbocycles. The summed E-state index contributed by atoms with van der Waals surface area (Å²) in [5.74, 6) is -0.698. The molecule has 2 N–H and O–H groups in total. The van der Waals surface area contributed by atoms with E-state index in [1.807, 2.05) is 44.2 Å². The summed E-state index contributed by atoms with van der Waals surface area (Å²) in [6, 6.07) is 18.1. The number of nitrogens with zero attached hydrogens (tertiary/aromatic N) is 3. The Labute approximate surface area is 288 Å². The Morgan fingerprint density at radius 3 is 2.33 bits per heavy atom. The zero-order valence-electron chi connectivity index (χ0n) is 28.8. The highest BCUT2D eigenvalue weighted by atomic mass is 16.5. The number of likely N-dealkylation sites (tertiary alicyclic amines) is 2. The molecule has 3 unspecified atom stereocenters. The molecule has 4 amide bonds. The first-order valence-electron chi connectivity index (χ1n) is 17.0. The van der Waals surface area contributed by atoms with Gasteiger partial charge in [0, 0.05) is 51.2 Å². The first kappa shape index (κ1) is 35.4. The van der Waals surface area contributed by atoms with Crippen LogP contribution in [0.1, 0.15) is 48.2 Å². The van der Waals surface area contributed by atoms with Crippen molar-refractivity contribution < 1.29 is 28.7 Å². The predicted molar refractivity (Wildman–Crippen MR) is 185 cm³/mol. The van der Waals surface area contributed by atoms with Crippen molar-refractivity contribution >= 4 is 23.6 Å². The van der Waals surface area contributed by atoms with Gasteiger partial charge in [0.25, 0.3) is 5.91 Å². The van der Waals surface area contributed by atoms with Gasteiger partial charge in [-0.3, -0.25) is 24.2 Å². The van der Waals surface area contributed by atoms with Crippen LogP contribution in [-0.4, -0.2) is 90.9 Å². The number of likely N-dealkylation sites (N-methyl/N-ethyl adjacent to an activating group) is 1. The summed E-state index contributed by atoms with van der Waals surface area (Å²) in [5, 5.41) is 5.72. The highest BCUT2D eigenvalue weighted by Gasteiger charge is 2.48. The van der Waals surface area contributed by atoms with E-state index >= 15 is 0 Å². The summed E-state index contributed by atoms with van der Waals surface area (Å²) in [5.41, 5.74) is 2.46. The first-order chi connectivity index (χ1) is 23.7. The number of benzene rings is 2. The van der Waals surface area contributed by atoms with Gasteiger partial charge in [0.1, 0.15) is 6.04 Å². The van der Waals surface area contributed by atoms with Gasteiger partial charge in [0.15, 0.2) is 11.5 Å². The molecule has 49 heavy (non-hydrogen) atoms. The van der Waals surface area contributed by atoms with Crippen molar-refractivity contribution in [1.29, 1.82) is 0 Å². The number of ether oxygens (including phenoxy) is 2. The monoisotopic (exact) mass is 669 g/mol. The minimum absolute atomic E-state index is 0.0590. The number of aryl methyl sites for hydroxylation is 1. The fourth-order valence-corrected chi connectivity index (χ4v) is 6.92. The second-order valence-corrected chi connectivity index (χ2v) is 13.2. The molecule has 2 aliphatic rings. The summed E-state index contributed by atoms with van der Waals surface area (Å²) in [6.07, 6.45) is 5.38.